The number of aromatic nitrogens is 1. The molecule has 4 N–H and O–H groups in total. The van der Waals surface area contributed by atoms with Crippen molar-refractivity contribution in [1.29, 1.82) is 0 Å². The summed E-state index contributed by atoms with van der Waals surface area (Å²) in [5.41, 5.74) is 1.32. The molecule has 0 unspecified atom stereocenters. The molecule has 192 valence electrons. The number of aliphatic carboxylic acids is 1. The van der Waals surface area contributed by atoms with Gasteiger partial charge in [-0.15, -0.1) is 0 Å². The lowest BCUT2D eigenvalue weighted by molar-refractivity contribution is -0.139. The fourth-order valence-electron chi connectivity index (χ4n) is 4.36. The van der Waals surface area contributed by atoms with Gasteiger partial charge in [-0.2, -0.15) is 0 Å². The molecule has 4 rings (SSSR count). The molecule has 2 amide bonds. The molecule has 3 aromatic rings. The zero-order valence-corrected chi connectivity index (χ0v) is 21.3. The summed E-state index contributed by atoms with van der Waals surface area (Å²) in [5.74, 6) is -1.22. The van der Waals surface area contributed by atoms with E-state index in [2.05, 4.69) is 20.9 Å². The monoisotopic (exact) mass is 540 g/mol. The number of carbonyl (C=O) groups is 3. The molecule has 1 fully saturated rings. The summed E-state index contributed by atoms with van der Waals surface area (Å²) >= 11 is 12.1. The highest BCUT2D eigenvalue weighted by atomic mass is 35.5. The van der Waals surface area contributed by atoms with Gasteiger partial charge in [0, 0.05) is 30.3 Å². The van der Waals surface area contributed by atoms with E-state index in [-0.39, 0.29) is 39.9 Å². The number of carboxylic acids is 1. The van der Waals surface area contributed by atoms with Crippen molar-refractivity contribution in [1.82, 2.24) is 10.3 Å². The van der Waals surface area contributed by atoms with Gasteiger partial charge in [0.05, 0.1) is 15.6 Å². The van der Waals surface area contributed by atoms with Crippen molar-refractivity contribution in [2.45, 2.75) is 37.8 Å². The van der Waals surface area contributed by atoms with E-state index < -0.39 is 17.9 Å². The average molecular weight is 541 g/mol. The van der Waals surface area contributed by atoms with Crippen molar-refractivity contribution in [3.05, 3.63) is 88.0 Å². The largest absolute Gasteiger partial charge is 0.480 e. The number of hydrogen-bond donors (Lipinski definition) is 4. The van der Waals surface area contributed by atoms with Crippen molar-refractivity contribution in [2.75, 3.05) is 10.6 Å². The zero-order chi connectivity index (χ0) is 26.4. The first-order chi connectivity index (χ1) is 17.8. The summed E-state index contributed by atoms with van der Waals surface area (Å²) in [6, 6.07) is 16.2. The number of carbonyl (C=O) groups excluding carboxylic acids is 2. The van der Waals surface area contributed by atoms with Gasteiger partial charge in [-0.1, -0.05) is 47.5 Å². The van der Waals surface area contributed by atoms with Crippen molar-refractivity contribution in [2.24, 2.45) is 5.92 Å². The first-order valence-corrected chi connectivity index (χ1v) is 12.6. The van der Waals surface area contributed by atoms with E-state index in [1.807, 2.05) is 18.2 Å². The molecule has 37 heavy (non-hydrogen) atoms. The second-order valence-electron chi connectivity index (χ2n) is 8.92. The Bertz CT molecular complexity index is 1250. The van der Waals surface area contributed by atoms with Crippen LogP contribution in [0.1, 0.15) is 35.2 Å². The Balaban J connectivity index is 1.31. The second-order valence-corrected chi connectivity index (χ2v) is 9.73. The Hall–Kier alpha value is -3.62. The van der Waals surface area contributed by atoms with Crippen LogP contribution < -0.4 is 16.0 Å². The van der Waals surface area contributed by atoms with Crippen LogP contribution in [0, 0.1) is 5.92 Å². The molecule has 10 heteroatoms. The van der Waals surface area contributed by atoms with Gasteiger partial charge in [-0.25, -0.2) is 9.78 Å². The Labute approximate surface area is 224 Å². The smallest absolute Gasteiger partial charge is 0.326 e. The van der Waals surface area contributed by atoms with Crippen LogP contribution in [0.3, 0.4) is 0 Å². The SMILES string of the molecule is O=C(N[C@@H](Cc1ccc(NC(=O)[C@H]2CC[C@@H](Nc3ccccn3)C2)cc1)C(=O)O)c1c(Cl)cccc1Cl. The van der Waals surface area contributed by atoms with Gasteiger partial charge in [0.2, 0.25) is 5.91 Å². The minimum atomic E-state index is -1.19. The molecule has 8 nitrogen and oxygen atoms in total. The van der Waals surface area contributed by atoms with Gasteiger partial charge < -0.3 is 21.1 Å². The average Bonchev–Trinajstić information content (AvgIpc) is 3.34. The fraction of sp³-hybridized carbons (Fsp3) is 0.259. The van der Waals surface area contributed by atoms with Crippen LogP contribution in [0.25, 0.3) is 0 Å². The number of rotatable bonds is 9. The topological polar surface area (TPSA) is 120 Å². The second kappa shape index (κ2) is 12.1. The first kappa shape index (κ1) is 26.4. The number of nitrogens with zero attached hydrogens (tertiary/aromatic N) is 1. The van der Waals surface area contributed by atoms with Crippen molar-refractivity contribution in [3.63, 3.8) is 0 Å². The highest BCUT2D eigenvalue weighted by Crippen LogP contribution is 2.29. The molecule has 1 saturated carbocycles. The third-order valence-electron chi connectivity index (χ3n) is 6.27. The van der Waals surface area contributed by atoms with E-state index in [1.54, 1.807) is 36.5 Å². The third-order valence-corrected chi connectivity index (χ3v) is 6.90. The lowest BCUT2D eigenvalue weighted by atomic mass is 10.0. The maximum Gasteiger partial charge on any atom is 0.326 e. The van der Waals surface area contributed by atoms with Crippen molar-refractivity contribution in [3.8, 4) is 0 Å². The van der Waals surface area contributed by atoms with Crippen LogP contribution >= 0.6 is 23.2 Å². The molecule has 1 aliphatic carbocycles. The van der Waals surface area contributed by atoms with Crippen LogP contribution in [-0.2, 0) is 16.0 Å². The van der Waals surface area contributed by atoms with Gasteiger partial charge >= 0.3 is 5.97 Å². The van der Waals surface area contributed by atoms with Gasteiger partial charge in [0.25, 0.3) is 5.91 Å². The summed E-state index contributed by atoms with van der Waals surface area (Å²) in [5, 5.41) is 18.7. The molecule has 1 heterocycles. The normalized spacial score (nSPS) is 17.6. The van der Waals surface area contributed by atoms with Gasteiger partial charge in [0.1, 0.15) is 11.9 Å². The number of carboxylic acid groups (broad SMARTS) is 1. The fourth-order valence-corrected chi connectivity index (χ4v) is 4.93. The molecule has 0 spiro atoms. The lowest BCUT2D eigenvalue weighted by Gasteiger charge is -2.16. The molecular formula is C27H26Cl2N4O4. The Morgan fingerprint density at radius 1 is 0.973 bits per heavy atom. The molecular weight excluding hydrogens is 515 g/mol. The molecule has 0 bridgehead atoms. The number of halogens is 2. The molecule has 0 aliphatic heterocycles. The van der Waals surface area contributed by atoms with E-state index in [0.29, 0.717) is 11.3 Å². The molecule has 0 radical (unpaired) electrons. The quantitative estimate of drug-likeness (QED) is 0.302. The van der Waals surface area contributed by atoms with Crippen molar-refractivity contribution >= 4 is 52.5 Å². The number of nitrogens with one attached hydrogen (secondary N) is 3. The summed E-state index contributed by atoms with van der Waals surface area (Å²) in [6.45, 7) is 0. The van der Waals surface area contributed by atoms with Gasteiger partial charge in [0.15, 0.2) is 0 Å². The van der Waals surface area contributed by atoms with E-state index in [4.69, 9.17) is 23.2 Å². The molecule has 1 aliphatic rings. The minimum Gasteiger partial charge on any atom is -0.480 e. The van der Waals surface area contributed by atoms with Crippen LogP contribution in [0.4, 0.5) is 11.5 Å². The van der Waals surface area contributed by atoms with Gasteiger partial charge in [-0.3, -0.25) is 9.59 Å². The van der Waals surface area contributed by atoms with Crippen LogP contribution in [0.15, 0.2) is 66.9 Å². The van der Waals surface area contributed by atoms with E-state index in [9.17, 15) is 19.5 Å². The summed E-state index contributed by atoms with van der Waals surface area (Å²) in [6.07, 6.45) is 4.15. The highest BCUT2D eigenvalue weighted by molar-refractivity contribution is 6.39. The van der Waals surface area contributed by atoms with Crippen molar-refractivity contribution < 1.29 is 19.5 Å². The number of amides is 2. The van der Waals surface area contributed by atoms with Crippen LogP contribution in [-0.4, -0.2) is 40.0 Å². The molecule has 3 atom stereocenters. The summed E-state index contributed by atoms with van der Waals surface area (Å²) < 4.78 is 0. The van der Waals surface area contributed by atoms with Gasteiger partial charge in [-0.05, 0) is 61.2 Å². The summed E-state index contributed by atoms with van der Waals surface area (Å²) in [4.78, 5) is 41.5. The predicted molar refractivity (Wildman–Crippen MR) is 143 cm³/mol. The highest BCUT2D eigenvalue weighted by Gasteiger charge is 2.30. The minimum absolute atomic E-state index is 0.0273. The Morgan fingerprint density at radius 3 is 2.35 bits per heavy atom. The van der Waals surface area contributed by atoms with E-state index in [1.165, 1.54) is 12.1 Å². The van der Waals surface area contributed by atoms with Crippen LogP contribution in [0.5, 0.6) is 0 Å². The Morgan fingerprint density at radius 2 is 1.70 bits per heavy atom. The van der Waals surface area contributed by atoms with E-state index in [0.717, 1.165) is 25.1 Å². The maximum absolute atomic E-state index is 12.8. The number of hydrogen-bond acceptors (Lipinski definition) is 5. The van der Waals surface area contributed by atoms with E-state index >= 15 is 0 Å². The predicted octanol–water partition coefficient (Wildman–Crippen LogP) is 5.03. The third kappa shape index (κ3) is 6.99. The number of pyridine rings is 1. The first-order valence-electron chi connectivity index (χ1n) is 11.8. The standard InChI is InChI=1S/C27H26Cl2N4O4/c28-20-4-3-5-21(29)24(20)26(35)33-22(27(36)37)14-16-7-10-18(11-8-16)32-25(34)17-9-12-19(15-17)31-23-6-1-2-13-30-23/h1-8,10-11,13,17,19,22H,9,12,14-15H2,(H,30,31)(H,32,34)(H,33,35)(H,36,37)/t17-,19+,22-/m0/s1. The molecule has 0 saturated heterocycles. The summed E-state index contributed by atoms with van der Waals surface area (Å²) in [7, 11) is 0. The molecule has 1 aromatic heterocycles. The molecule has 2 aromatic carbocycles. The maximum atomic E-state index is 12.8. The number of benzene rings is 2. The Kier molecular flexibility index (Phi) is 8.63. The number of anilines is 2. The lowest BCUT2D eigenvalue weighted by Crippen LogP contribution is -2.42. The van der Waals surface area contributed by atoms with Crippen LogP contribution in [0.2, 0.25) is 10.0 Å². The zero-order valence-electron chi connectivity index (χ0n) is 19.8.